The normalized spacial score (nSPS) is 14.2. The van der Waals surface area contributed by atoms with Crippen LogP contribution >= 0.6 is 0 Å². The van der Waals surface area contributed by atoms with Crippen LogP contribution in [0, 0.1) is 0 Å². The number of nitrogens with two attached hydrogens (primary N) is 4. The number of amides is 1. The highest BCUT2D eigenvalue weighted by atomic mass is 16.4. The van der Waals surface area contributed by atoms with Gasteiger partial charge in [-0.2, -0.15) is 4.98 Å². The maximum atomic E-state index is 12.3. The van der Waals surface area contributed by atoms with Crippen molar-refractivity contribution in [3.05, 3.63) is 40.2 Å². The van der Waals surface area contributed by atoms with Crippen molar-refractivity contribution in [2.75, 3.05) is 41.4 Å². The molecule has 28 nitrogen and oxygen atoms in total. The molecule has 28 heteroatoms. The molecular weight excluding hydrogens is 848 g/mol. The van der Waals surface area contributed by atoms with E-state index in [1.165, 1.54) is 12.1 Å². The molecule has 0 spiro atoms. The molecule has 63 heavy (non-hydrogen) atoms. The molecule has 1 unspecified atom stereocenters. The zero-order valence-corrected chi connectivity index (χ0v) is 33.6. The van der Waals surface area contributed by atoms with Gasteiger partial charge >= 0.3 is 47.8 Å². The molecule has 1 aliphatic rings. The molecule has 0 saturated heterocycles. The maximum Gasteiger partial charge on any atom is 0.326 e. The Hall–Kier alpha value is -7.59. The highest BCUT2D eigenvalue weighted by molar-refractivity contribution is 5.97. The van der Waals surface area contributed by atoms with Crippen molar-refractivity contribution in [3.63, 3.8) is 0 Å². The van der Waals surface area contributed by atoms with Crippen molar-refractivity contribution in [1.82, 2.24) is 15.3 Å². The summed E-state index contributed by atoms with van der Waals surface area (Å²) in [5.74, 6) is -9.18. The van der Waals surface area contributed by atoms with E-state index in [1.54, 1.807) is 19.2 Å². The predicted molar refractivity (Wildman–Crippen MR) is 218 cm³/mol. The number of fused-ring (bicyclic) bond motifs is 1. The van der Waals surface area contributed by atoms with Crippen LogP contribution in [0.2, 0.25) is 0 Å². The van der Waals surface area contributed by atoms with Crippen LogP contribution < -0.4 is 49.3 Å². The summed E-state index contributed by atoms with van der Waals surface area (Å²) in [5, 5.41) is 75.4. The number of carbonyl (C=O) groups excluding carboxylic acids is 1. The SMILES string of the molecule is CN1c2c(nc(N)[nH]c2=O)NCC1CNc1ccc(C(=O)N[C@@H](CCC(=O)O)C(=O)O)cc1.N[C@@H](CCC(=O)O)C(=O)O.N[C@@H](CCC(=O)O)C(=O)O.N[C@@H](CCC(=O)O)C(=O)O. The topological polar surface area (TPSA) is 505 Å². The molecule has 0 fully saturated rings. The smallest absolute Gasteiger partial charge is 0.326 e. The third-order valence-electron chi connectivity index (χ3n) is 8.22. The van der Waals surface area contributed by atoms with Crippen LogP contribution in [0.25, 0.3) is 0 Å². The minimum Gasteiger partial charge on any atom is -0.481 e. The van der Waals surface area contributed by atoms with Crippen LogP contribution in [0.5, 0.6) is 0 Å². The Morgan fingerprint density at radius 3 is 1.49 bits per heavy atom. The molecule has 1 aromatic carbocycles. The first-order valence-corrected chi connectivity index (χ1v) is 18.3. The summed E-state index contributed by atoms with van der Waals surface area (Å²) in [5.41, 5.74) is 21.6. The number of hydrogen-bond acceptors (Lipinski definition) is 18. The van der Waals surface area contributed by atoms with Gasteiger partial charge in [0.2, 0.25) is 5.95 Å². The number of benzene rings is 1. The lowest BCUT2D eigenvalue weighted by molar-refractivity contribution is -0.142. The number of aromatic amines is 1. The molecule has 0 bridgehead atoms. The fraction of sp³-hybridized carbons (Fsp3) is 0.457. The van der Waals surface area contributed by atoms with Crippen LogP contribution in [-0.2, 0) is 38.4 Å². The number of hydrogen-bond donors (Lipinski definition) is 16. The molecule has 1 amide bonds. The molecule has 1 aromatic heterocycles. The van der Waals surface area contributed by atoms with Gasteiger partial charge in [-0.1, -0.05) is 0 Å². The monoisotopic (exact) mass is 900 g/mol. The Balaban J connectivity index is 0.00000104. The zero-order valence-electron chi connectivity index (χ0n) is 33.6. The second-order valence-electron chi connectivity index (χ2n) is 13.2. The fourth-order valence-corrected chi connectivity index (χ4v) is 4.63. The molecular formula is C35H52N10O18. The molecule has 3 rings (SSSR count). The summed E-state index contributed by atoms with van der Waals surface area (Å²) in [6.07, 6.45) is -1.26. The minimum atomic E-state index is -1.30. The Morgan fingerprint density at radius 1 is 0.698 bits per heavy atom. The van der Waals surface area contributed by atoms with Crippen LogP contribution in [0.4, 0.5) is 23.1 Å². The highest BCUT2D eigenvalue weighted by Crippen LogP contribution is 2.25. The number of H-pyrrole nitrogens is 1. The van der Waals surface area contributed by atoms with Crippen molar-refractivity contribution >= 4 is 76.8 Å². The van der Waals surface area contributed by atoms with Crippen molar-refractivity contribution in [2.45, 2.75) is 81.6 Å². The standard InChI is InChI=1S/C20H25N7O6.3C5H9NO4/c1-27-12(9-23-16-15(27)18(31)26-20(21)25-16)8-22-11-4-2-10(3-5-11)17(30)24-13(19(32)33)6-7-14(28)29;3*6-3(5(9)10)1-2-4(7)8/h2-5,12-13,22H,6-9H2,1H3,(H,24,30)(H,28,29)(H,32,33)(H4,21,23,25,26,31);3*3H,1-2,6H2,(H,7,8)(H,9,10)/t12?,13-;3*3-/m0000/s1. The molecule has 350 valence electrons. The number of anilines is 4. The molecule has 0 saturated carbocycles. The van der Waals surface area contributed by atoms with Crippen LogP contribution in [0.3, 0.4) is 0 Å². The number of nitrogen functional groups attached to an aromatic ring is 1. The zero-order chi connectivity index (χ0) is 48.6. The van der Waals surface area contributed by atoms with E-state index in [2.05, 4.69) is 25.9 Å². The van der Waals surface area contributed by atoms with Gasteiger partial charge in [0.25, 0.3) is 11.5 Å². The van der Waals surface area contributed by atoms with E-state index in [-0.39, 0.29) is 74.5 Å². The number of aromatic nitrogens is 2. The van der Waals surface area contributed by atoms with E-state index >= 15 is 0 Å². The van der Waals surface area contributed by atoms with Gasteiger partial charge in [-0.15, -0.1) is 0 Å². The molecule has 5 atom stereocenters. The lowest BCUT2D eigenvalue weighted by Crippen LogP contribution is -2.48. The van der Waals surface area contributed by atoms with E-state index in [0.717, 1.165) is 5.69 Å². The van der Waals surface area contributed by atoms with Gasteiger partial charge in [-0.25, -0.2) is 4.79 Å². The highest BCUT2D eigenvalue weighted by Gasteiger charge is 2.27. The van der Waals surface area contributed by atoms with Gasteiger partial charge in [0, 0.05) is 57.1 Å². The van der Waals surface area contributed by atoms with E-state index in [1.807, 2.05) is 4.90 Å². The van der Waals surface area contributed by atoms with Crippen molar-refractivity contribution in [1.29, 1.82) is 0 Å². The van der Waals surface area contributed by atoms with E-state index < -0.39 is 77.8 Å². The first-order chi connectivity index (χ1) is 29.3. The Morgan fingerprint density at radius 2 is 1.11 bits per heavy atom. The average molecular weight is 901 g/mol. The van der Waals surface area contributed by atoms with E-state index in [4.69, 9.17) is 58.7 Å². The summed E-state index contributed by atoms with van der Waals surface area (Å²) in [7, 11) is 1.79. The molecule has 0 radical (unpaired) electrons. The van der Waals surface area contributed by atoms with E-state index in [9.17, 15) is 53.1 Å². The lowest BCUT2D eigenvalue weighted by atomic mass is 10.1. The summed E-state index contributed by atoms with van der Waals surface area (Å²) >= 11 is 0. The Labute approximate surface area is 356 Å². The summed E-state index contributed by atoms with van der Waals surface area (Å²) < 4.78 is 0. The third kappa shape index (κ3) is 23.1. The van der Waals surface area contributed by atoms with Crippen LogP contribution in [-0.4, -0.2) is 155 Å². The number of aliphatic carboxylic acids is 8. The number of nitrogens with one attached hydrogen (secondary N) is 4. The Kier molecular flexibility index (Phi) is 24.7. The molecule has 20 N–H and O–H groups in total. The van der Waals surface area contributed by atoms with Crippen molar-refractivity contribution in [2.24, 2.45) is 17.2 Å². The van der Waals surface area contributed by atoms with Crippen molar-refractivity contribution in [3.8, 4) is 0 Å². The second-order valence-corrected chi connectivity index (χ2v) is 13.2. The van der Waals surface area contributed by atoms with Gasteiger partial charge in [-0.05, 0) is 49.9 Å². The predicted octanol–water partition coefficient (Wildman–Crippen LogP) is -2.47. The van der Waals surface area contributed by atoms with Crippen molar-refractivity contribution < 1.29 is 84.0 Å². The Bertz CT molecular complexity index is 1880. The number of nitrogens with zero attached hydrogens (tertiary/aromatic N) is 2. The molecule has 0 aliphatic carbocycles. The average Bonchev–Trinajstić information content (AvgIpc) is 3.19. The minimum absolute atomic E-state index is 0.0231. The molecule has 1 aliphatic heterocycles. The number of rotatable bonds is 21. The maximum absolute atomic E-state index is 12.3. The fourth-order valence-electron chi connectivity index (χ4n) is 4.63. The number of carboxylic acids is 8. The quantitative estimate of drug-likeness (QED) is 0.0617. The lowest BCUT2D eigenvalue weighted by Gasteiger charge is -2.35. The summed E-state index contributed by atoms with van der Waals surface area (Å²) in [4.78, 5) is 114. The number of likely N-dealkylation sites (N-methyl/N-ethyl adjacent to an activating group) is 1. The third-order valence-corrected chi connectivity index (χ3v) is 8.22. The summed E-state index contributed by atoms with van der Waals surface area (Å²) in [6.45, 7) is 1.01. The summed E-state index contributed by atoms with van der Waals surface area (Å²) in [6, 6.07) is 1.85. The molecule has 2 heterocycles. The number of carbonyl (C=O) groups is 9. The first-order valence-electron chi connectivity index (χ1n) is 18.3. The second kappa shape index (κ2) is 28.0. The van der Waals surface area contributed by atoms with E-state index in [0.29, 0.717) is 24.6 Å². The van der Waals surface area contributed by atoms with Crippen LogP contribution in [0.1, 0.15) is 61.7 Å². The first kappa shape index (κ1) is 55.4. The van der Waals surface area contributed by atoms with Gasteiger partial charge in [0.05, 0.1) is 6.04 Å². The number of carboxylic acid groups (broad SMARTS) is 8. The van der Waals surface area contributed by atoms with Crippen LogP contribution in [0.15, 0.2) is 29.1 Å². The van der Waals surface area contributed by atoms with Gasteiger partial charge in [-0.3, -0.25) is 48.1 Å². The van der Waals surface area contributed by atoms with Gasteiger partial charge < -0.3 is 84.6 Å². The largest absolute Gasteiger partial charge is 0.481 e. The van der Waals surface area contributed by atoms with Gasteiger partial charge in [0.15, 0.2) is 5.82 Å². The van der Waals surface area contributed by atoms with Gasteiger partial charge in [0.1, 0.15) is 29.9 Å². The molecule has 2 aromatic rings.